The van der Waals surface area contributed by atoms with Gasteiger partial charge in [-0.05, 0) is 18.2 Å². The molecule has 5 N–H and O–H groups in total. The number of amides is 1. The lowest BCUT2D eigenvalue weighted by atomic mass is 10.0. The van der Waals surface area contributed by atoms with E-state index in [1.54, 1.807) is 29.7 Å². The van der Waals surface area contributed by atoms with Crippen LogP contribution in [0, 0.1) is 5.92 Å². The SMILES string of the molecule is NC1NN2CC(F)CNC2C1C(=O)Nc1cnccc1-c1ccccn1. The van der Waals surface area contributed by atoms with Gasteiger partial charge in [-0.15, -0.1) is 0 Å². The number of nitrogens with two attached hydrogens (primary N) is 1. The van der Waals surface area contributed by atoms with Gasteiger partial charge in [0.1, 0.15) is 6.17 Å². The third kappa shape index (κ3) is 3.17. The Balaban J connectivity index is 1.56. The smallest absolute Gasteiger partial charge is 0.233 e. The highest BCUT2D eigenvalue weighted by Crippen LogP contribution is 2.28. The predicted octanol–water partition coefficient (Wildman–Crippen LogP) is 0.0707. The van der Waals surface area contributed by atoms with Crippen molar-refractivity contribution in [3.8, 4) is 11.3 Å². The number of halogens is 1. The second-order valence-electron chi connectivity index (χ2n) is 6.41. The molecule has 2 saturated heterocycles. The minimum Gasteiger partial charge on any atom is -0.324 e. The molecule has 2 aromatic heterocycles. The van der Waals surface area contributed by atoms with Crippen molar-refractivity contribution in [1.82, 2.24) is 25.7 Å². The number of hydrogen-bond donors (Lipinski definition) is 4. The van der Waals surface area contributed by atoms with Crippen LogP contribution in [-0.4, -0.2) is 52.5 Å². The summed E-state index contributed by atoms with van der Waals surface area (Å²) in [5.74, 6) is -0.827. The molecule has 2 fully saturated rings. The maximum Gasteiger partial charge on any atom is 0.233 e. The van der Waals surface area contributed by atoms with Crippen LogP contribution in [0.4, 0.5) is 10.1 Å². The zero-order valence-corrected chi connectivity index (χ0v) is 14.0. The summed E-state index contributed by atoms with van der Waals surface area (Å²) in [6.07, 6.45) is 2.96. The normalized spacial score (nSPS) is 28.5. The lowest BCUT2D eigenvalue weighted by Crippen LogP contribution is -2.58. The van der Waals surface area contributed by atoms with E-state index in [0.29, 0.717) is 5.69 Å². The first-order valence-corrected chi connectivity index (χ1v) is 8.45. The van der Waals surface area contributed by atoms with Crippen molar-refractivity contribution in [2.75, 3.05) is 18.4 Å². The van der Waals surface area contributed by atoms with Crippen LogP contribution < -0.4 is 21.8 Å². The Labute approximate surface area is 150 Å². The first-order valence-electron chi connectivity index (χ1n) is 8.45. The van der Waals surface area contributed by atoms with Gasteiger partial charge in [0, 0.05) is 31.0 Å². The summed E-state index contributed by atoms with van der Waals surface area (Å²) in [5, 5.41) is 7.61. The van der Waals surface area contributed by atoms with Crippen LogP contribution in [0.5, 0.6) is 0 Å². The number of rotatable bonds is 3. The lowest BCUT2D eigenvalue weighted by molar-refractivity contribution is -0.121. The molecule has 0 aromatic carbocycles. The summed E-state index contributed by atoms with van der Waals surface area (Å²) in [6.45, 7) is 0.395. The third-order valence-corrected chi connectivity index (χ3v) is 4.64. The molecule has 2 aliphatic rings. The minimum absolute atomic E-state index is 0.196. The number of alkyl halides is 1. The van der Waals surface area contributed by atoms with Crippen LogP contribution in [0.3, 0.4) is 0 Å². The van der Waals surface area contributed by atoms with E-state index in [4.69, 9.17) is 5.73 Å². The Hall–Kier alpha value is -2.46. The van der Waals surface area contributed by atoms with E-state index in [9.17, 15) is 9.18 Å². The Morgan fingerprint density at radius 1 is 1.35 bits per heavy atom. The van der Waals surface area contributed by atoms with Crippen molar-refractivity contribution < 1.29 is 9.18 Å². The molecular formula is C17H20FN7O. The van der Waals surface area contributed by atoms with Gasteiger partial charge in [0.25, 0.3) is 0 Å². The van der Waals surface area contributed by atoms with Crippen molar-refractivity contribution in [3.63, 3.8) is 0 Å². The quantitative estimate of drug-likeness (QED) is 0.616. The number of carbonyl (C=O) groups is 1. The van der Waals surface area contributed by atoms with Crippen LogP contribution >= 0.6 is 0 Å². The molecule has 0 bridgehead atoms. The van der Waals surface area contributed by atoms with E-state index < -0.39 is 18.3 Å². The zero-order chi connectivity index (χ0) is 18.1. The molecule has 136 valence electrons. The Morgan fingerprint density at radius 2 is 2.23 bits per heavy atom. The van der Waals surface area contributed by atoms with Gasteiger partial charge in [0.05, 0.1) is 35.8 Å². The summed E-state index contributed by atoms with van der Waals surface area (Å²) < 4.78 is 13.6. The fraction of sp³-hybridized carbons (Fsp3) is 0.353. The number of hydrogen-bond acceptors (Lipinski definition) is 7. The molecule has 0 radical (unpaired) electrons. The van der Waals surface area contributed by atoms with E-state index in [2.05, 4.69) is 26.0 Å². The van der Waals surface area contributed by atoms with E-state index in [1.165, 1.54) is 0 Å². The summed E-state index contributed by atoms with van der Waals surface area (Å²) in [6, 6.07) is 7.36. The number of carbonyl (C=O) groups excluding carboxylic acids is 1. The number of hydrazine groups is 1. The van der Waals surface area contributed by atoms with Gasteiger partial charge in [0.15, 0.2) is 0 Å². The van der Waals surface area contributed by atoms with Gasteiger partial charge < -0.3 is 11.1 Å². The summed E-state index contributed by atoms with van der Waals surface area (Å²) in [4.78, 5) is 21.3. The highest BCUT2D eigenvalue weighted by atomic mass is 19.1. The van der Waals surface area contributed by atoms with Crippen molar-refractivity contribution >= 4 is 11.6 Å². The molecule has 8 nitrogen and oxygen atoms in total. The Kier molecular flexibility index (Phi) is 4.60. The zero-order valence-electron chi connectivity index (χ0n) is 14.0. The van der Waals surface area contributed by atoms with Crippen molar-refractivity contribution in [1.29, 1.82) is 0 Å². The van der Waals surface area contributed by atoms with Gasteiger partial charge in [-0.2, -0.15) is 0 Å². The monoisotopic (exact) mass is 357 g/mol. The van der Waals surface area contributed by atoms with Gasteiger partial charge >= 0.3 is 0 Å². The number of anilines is 1. The number of aromatic nitrogens is 2. The standard InChI is InChI=1S/C17H20FN7O/c18-10-7-22-16-14(15(19)24-25(16)9-10)17(26)23-13-8-20-6-4-11(13)12-3-1-2-5-21-12/h1-6,8,10,14-16,22,24H,7,9,19H2,(H,23,26). The summed E-state index contributed by atoms with van der Waals surface area (Å²) >= 11 is 0. The Morgan fingerprint density at radius 3 is 3.04 bits per heavy atom. The first kappa shape index (κ1) is 17.0. The first-order chi connectivity index (χ1) is 12.6. The highest BCUT2D eigenvalue weighted by molar-refractivity contribution is 5.97. The molecule has 0 aliphatic carbocycles. The number of nitrogens with zero attached hydrogens (tertiary/aromatic N) is 3. The largest absolute Gasteiger partial charge is 0.324 e. The molecule has 0 spiro atoms. The molecule has 0 saturated carbocycles. The van der Waals surface area contributed by atoms with Gasteiger partial charge in [-0.25, -0.2) is 14.8 Å². The van der Waals surface area contributed by atoms with Gasteiger partial charge in [0.2, 0.25) is 5.91 Å². The van der Waals surface area contributed by atoms with E-state index >= 15 is 0 Å². The second kappa shape index (κ2) is 7.04. The third-order valence-electron chi connectivity index (χ3n) is 4.64. The molecule has 4 unspecified atom stereocenters. The maximum atomic E-state index is 13.6. The fourth-order valence-corrected chi connectivity index (χ4v) is 3.43. The van der Waals surface area contributed by atoms with E-state index in [-0.39, 0.29) is 25.2 Å². The topological polar surface area (TPSA) is 108 Å². The van der Waals surface area contributed by atoms with Crippen molar-refractivity contribution in [3.05, 3.63) is 42.9 Å². The number of pyridine rings is 2. The molecule has 9 heteroatoms. The highest BCUT2D eigenvalue weighted by Gasteiger charge is 2.47. The summed E-state index contributed by atoms with van der Waals surface area (Å²) in [5.41, 5.74) is 11.1. The lowest BCUT2D eigenvalue weighted by Gasteiger charge is -2.33. The van der Waals surface area contributed by atoms with Crippen molar-refractivity contribution in [2.45, 2.75) is 18.5 Å². The van der Waals surface area contributed by atoms with E-state index in [1.807, 2.05) is 18.2 Å². The molecule has 26 heavy (non-hydrogen) atoms. The number of nitrogens with one attached hydrogen (secondary N) is 3. The predicted molar refractivity (Wildman–Crippen MR) is 94.1 cm³/mol. The molecule has 2 aliphatic heterocycles. The molecular weight excluding hydrogens is 337 g/mol. The molecule has 2 aromatic rings. The van der Waals surface area contributed by atoms with Crippen LogP contribution in [0.1, 0.15) is 0 Å². The molecule has 4 atom stereocenters. The molecule has 4 heterocycles. The maximum absolute atomic E-state index is 13.6. The van der Waals surface area contributed by atoms with Crippen molar-refractivity contribution in [2.24, 2.45) is 11.7 Å². The molecule has 1 amide bonds. The van der Waals surface area contributed by atoms with Gasteiger partial charge in [-0.1, -0.05) is 6.07 Å². The van der Waals surface area contributed by atoms with E-state index in [0.717, 1.165) is 11.3 Å². The molecule has 4 rings (SSSR count). The minimum atomic E-state index is -0.998. The van der Waals surface area contributed by atoms with Crippen LogP contribution in [-0.2, 0) is 4.79 Å². The summed E-state index contributed by atoms with van der Waals surface area (Å²) in [7, 11) is 0. The average Bonchev–Trinajstić information content (AvgIpc) is 2.97. The second-order valence-corrected chi connectivity index (χ2v) is 6.41. The number of fused-ring (bicyclic) bond motifs is 1. The van der Waals surface area contributed by atoms with Crippen LogP contribution in [0.15, 0.2) is 42.9 Å². The Bertz CT molecular complexity index is 790. The van der Waals surface area contributed by atoms with Crippen LogP contribution in [0.25, 0.3) is 11.3 Å². The van der Waals surface area contributed by atoms with Gasteiger partial charge in [-0.3, -0.25) is 20.1 Å². The average molecular weight is 357 g/mol. The van der Waals surface area contributed by atoms with Crippen LogP contribution in [0.2, 0.25) is 0 Å². The fourth-order valence-electron chi connectivity index (χ4n) is 3.43.